The molecule has 8 heteroatoms. The predicted molar refractivity (Wildman–Crippen MR) is 134 cm³/mol. The van der Waals surface area contributed by atoms with Crippen molar-refractivity contribution in [1.29, 1.82) is 0 Å². The molecule has 0 aliphatic heterocycles. The number of carbonyl (C=O) groups excluding carboxylic acids is 2. The lowest BCUT2D eigenvalue weighted by molar-refractivity contribution is -0.142. The van der Waals surface area contributed by atoms with Gasteiger partial charge in [-0.3, -0.25) is 4.79 Å². The molecule has 1 aliphatic rings. The molecule has 1 aliphatic carbocycles. The van der Waals surface area contributed by atoms with E-state index in [1.807, 2.05) is 50.2 Å². The Hall–Kier alpha value is -3.65. The molecule has 0 bridgehead atoms. The number of hydrogen-bond donors (Lipinski definition) is 3. The molecule has 1 heterocycles. The van der Waals surface area contributed by atoms with Crippen LogP contribution >= 0.6 is 11.3 Å². The largest absolute Gasteiger partial charge is 0.479 e. The minimum atomic E-state index is -1.18. The third-order valence-electron chi connectivity index (χ3n) is 6.02. The maximum absolute atomic E-state index is 13.0. The molecule has 35 heavy (non-hydrogen) atoms. The monoisotopic (exact) mass is 492 g/mol. The van der Waals surface area contributed by atoms with E-state index < -0.39 is 30.1 Å². The van der Waals surface area contributed by atoms with Crippen molar-refractivity contribution in [3.8, 4) is 11.1 Å². The molecule has 0 saturated carbocycles. The average molecular weight is 493 g/mol. The number of thiophene rings is 1. The average Bonchev–Trinajstić information content (AvgIpc) is 3.47. The molecule has 0 fully saturated rings. The van der Waals surface area contributed by atoms with Crippen LogP contribution < -0.4 is 10.6 Å². The molecule has 4 rings (SSSR count). The number of carboxylic acid groups (broad SMARTS) is 1. The van der Waals surface area contributed by atoms with Gasteiger partial charge in [0, 0.05) is 10.8 Å². The number of aliphatic carboxylic acids is 1. The Morgan fingerprint density at radius 3 is 2.11 bits per heavy atom. The van der Waals surface area contributed by atoms with E-state index in [0.717, 1.165) is 22.3 Å². The quantitative estimate of drug-likeness (QED) is 0.392. The van der Waals surface area contributed by atoms with Crippen molar-refractivity contribution >= 4 is 29.3 Å². The minimum Gasteiger partial charge on any atom is -0.479 e. The smallest absolute Gasteiger partial charge is 0.407 e. The van der Waals surface area contributed by atoms with Gasteiger partial charge >= 0.3 is 12.1 Å². The van der Waals surface area contributed by atoms with E-state index >= 15 is 0 Å². The van der Waals surface area contributed by atoms with Crippen molar-refractivity contribution < 1.29 is 24.2 Å². The van der Waals surface area contributed by atoms with E-state index in [1.165, 1.54) is 11.3 Å². The van der Waals surface area contributed by atoms with Crippen molar-refractivity contribution in [3.05, 3.63) is 82.0 Å². The van der Waals surface area contributed by atoms with E-state index in [0.29, 0.717) is 11.3 Å². The topological polar surface area (TPSA) is 105 Å². The normalized spacial score (nSPS) is 14.0. The summed E-state index contributed by atoms with van der Waals surface area (Å²) in [5.41, 5.74) is 4.45. The van der Waals surface area contributed by atoms with Gasteiger partial charge in [-0.1, -0.05) is 68.4 Å². The van der Waals surface area contributed by atoms with E-state index in [9.17, 15) is 19.5 Å². The fourth-order valence-electron chi connectivity index (χ4n) is 4.44. The number of fused-ring (bicyclic) bond motifs is 3. The van der Waals surface area contributed by atoms with Gasteiger partial charge in [-0.05, 0) is 46.0 Å². The van der Waals surface area contributed by atoms with Crippen LogP contribution in [-0.2, 0) is 14.3 Å². The third kappa shape index (κ3) is 5.54. The summed E-state index contributed by atoms with van der Waals surface area (Å²) in [6, 6.07) is 17.4. The Balaban J connectivity index is 1.43. The first kappa shape index (κ1) is 24.5. The van der Waals surface area contributed by atoms with E-state index in [4.69, 9.17) is 4.74 Å². The molecular formula is C27H28N2O5S. The van der Waals surface area contributed by atoms with Gasteiger partial charge in [0.1, 0.15) is 12.6 Å². The van der Waals surface area contributed by atoms with Crippen molar-refractivity contribution in [1.82, 2.24) is 10.6 Å². The fraction of sp³-hybridized carbons (Fsp3) is 0.296. The number of ether oxygens (including phenoxy) is 1. The highest BCUT2D eigenvalue weighted by Gasteiger charge is 2.31. The molecule has 1 aromatic heterocycles. The molecule has 182 valence electrons. The molecule has 3 N–H and O–H groups in total. The number of benzene rings is 2. The Morgan fingerprint density at radius 2 is 1.57 bits per heavy atom. The molecule has 0 spiro atoms. The lowest BCUT2D eigenvalue weighted by Gasteiger charge is -2.23. The van der Waals surface area contributed by atoms with Crippen LogP contribution in [0, 0.1) is 5.92 Å². The SMILES string of the molecule is CC(C)CC(NC(=O)OCC1c2ccccc2-c2ccccc21)C(=O)NC(C(=O)O)c1cccs1. The molecule has 0 saturated heterocycles. The molecule has 7 nitrogen and oxygen atoms in total. The number of rotatable bonds is 9. The van der Waals surface area contributed by atoms with Crippen molar-refractivity contribution in [2.45, 2.75) is 38.3 Å². The van der Waals surface area contributed by atoms with Crippen LogP contribution in [-0.4, -0.2) is 35.7 Å². The molecule has 2 amide bonds. The third-order valence-corrected chi connectivity index (χ3v) is 6.96. The summed E-state index contributed by atoms with van der Waals surface area (Å²) in [5.74, 6) is -1.73. The van der Waals surface area contributed by atoms with Crippen LogP contribution in [0.15, 0.2) is 66.0 Å². The highest BCUT2D eigenvalue weighted by molar-refractivity contribution is 7.10. The Labute approximate surface area is 208 Å². The molecule has 0 radical (unpaired) electrons. The first-order chi connectivity index (χ1) is 16.8. The van der Waals surface area contributed by atoms with Gasteiger partial charge in [0.05, 0.1) is 0 Å². The fourth-order valence-corrected chi connectivity index (χ4v) is 5.21. The zero-order chi connectivity index (χ0) is 24.9. The van der Waals surface area contributed by atoms with Crippen LogP contribution in [0.4, 0.5) is 4.79 Å². The molecule has 3 aromatic rings. The van der Waals surface area contributed by atoms with Gasteiger partial charge < -0.3 is 20.5 Å². The van der Waals surface area contributed by atoms with Crippen LogP contribution in [0.1, 0.15) is 48.2 Å². The van der Waals surface area contributed by atoms with Gasteiger partial charge in [-0.15, -0.1) is 11.3 Å². The van der Waals surface area contributed by atoms with Crippen LogP contribution in [0.2, 0.25) is 0 Å². The van der Waals surface area contributed by atoms with Crippen LogP contribution in [0.5, 0.6) is 0 Å². The van der Waals surface area contributed by atoms with Gasteiger partial charge in [0.15, 0.2) is 6.04 Å². The highest BCUT2D eigenvalue weighted by atomic mass is 32.1. The van der Waals surface area contributed by atoms with Crippen molar-refractivity contribution in [3.63, 3.8) is 0 Å². The van der Waals surface area contributed by atoms with Crippen molar-refractivity contribution in [2.75, 3.05) is 6.61 Å². The number of carboxylic acids is 1. The summed E-state index contributed by atoms with van der Waals surface area (Å²) in [7, 11) is 0. The summed E-state index contributed by atoms with van der Waals surface area (Å²) >= 11 is 1.24. The molecular weight excluding hydrogens is 464 g/mol. The second-order valence-electron chi connectivity index (χ2n) is 8.95. The summed E-state index contributed by atoms with van der Waals surface area (Å²) in [4.78, 5) is 38.0. The number of carbonyl (C=O) groups is 3. The van der Waals surface area contributed by atoms with E-state index in [-0.39, 0.29) is 18.4 Å². The summed E-state index contributed by atoms with van der Waals surface area (Å²) in [6.45, 7) is 3.98. The molecule has 2 unspecified atom stereocenters. The lowest BCUT2D eigenvalue weighted by Crippen LogP contribution is -2.49. The van der Waals surface area contributed by atoms with Crippen LogP contribution in [0.3, 0.4) is 0 Å². The number of nitrogens with one attached hydrogen (secondary N) is 2. The number of amides is 2. The van der Waals surface area contributed by atoms with E-state index in [2.05, 4.69) is 22.8 Å². The summed E-state index contributed by atoms with van der Waals surface area (Å²) < 4.78 is 5.58. The Kier molecular flexibility index (Phi) is 7.51. The van der Waals surface area contributed by atoms with Crippen molar-refractivity contribution in [2.24, 2.45) is 5.92 Å². The summed E-state index contributed by atoms with van der Waals surface area (Å²) in [5, 5.41) is 16.5. The van der Waals surface area contributed by atoms with Gasteiger partial charge in [0.25, 0.3) is 0 Å². The maximum Gasteiger partial charge on any atom is 0.407 e. The number of alkyl carbamates (subject to hydrolysis) is 1. The number of hydrogen-bond acceptors (Lipinski definition) is 5. The highest BCUT2D eigenvalue weighted by Crippen LogP contribution is 2.44. The van der Waals surface area contributed by atoms with E-state index in [1.54, 1.807) is 17.5 Å². The minimum absolute atomic E-state index is 0.0876. The van der Waals surface area contributed by atoms with Crippen LogP contribution in [0.25, 0.3) is 11.1 Å². The Morgan fingerprint density at radius 1 is 0.943 bits per heavy atom. The van der Waals surface area contributed by atoms with Gasteiger partial charge in [-0.2, -0.15) is 0 Å². The first-order valence-electron chi connectivity index (χ1n) is 11.5. The second kappa shape index (κ2) is 10.7. The predicted octanol–water partition coefficient (Wildman–Crippen LogP) is 4.94. The Bertz CT molecular complexity index is 1160. The molecule has 2 atom stereocenters. The zero-order valence-corrected chi connectivity index (χ0v) is 20.4. The van der Waals surface area contributed by atoms with Gasteiger partial charge in [-0.25, -0.2) is 9.59 Å². The van der Waals surface area contributed by atoms with Gasteiger partial charge in [0.2, 0.25) is 5.91 Å². The second-order valence-corrected chi connectivity index (χ2v) is 9.93. The molecule has 2 aromatic carbocycles. The zero-order valence-electron chi connectivity index (χ0n) is 19.6. The first-order valence-corrected chi connectivity index (χ1v) is 12.4. The lowest BCUT2D eigenvalue weighted by atomic mass is 9.98. The standard InChI is InChI=1S/C27H28N2O5S/c1-16(2)14-22(25(30)29-24(26(31)32)23-12-7-13-35-23)28-27(33)34-15-21-19-10-5-3-8-17(19)18-9-4-6-11-20(18)21/h3-13,16,21-22,24H,14-15H2,1-2H3,(H,28,33)(H,29,30)(H,31,32). The summed E-state index contributed by atoms with van der Waals surface area (Å²) in [6.07, 6.45) is -0.372. The maximum atomic E-state index is 13.0.